The molecule has 90 valence electrons. The predicted molar refractivity (Wildman–Crippen MR) is 63.1 cm³/mol. The van der Waals surface area contributed by atoms with E-state index in [0.717, 1.165) is 32.7 Å². The molecule has 16 heavy (non-hydrogen) atoms. The molecule has 2 rings (SSSR count). The molecule has 0 saturated carbocycles. The van der Waals surface area contributed by atoms with Crippen molar-refractivity contribution in [3.8, 4) is 0 Å². The van der Waals surface area contributed by atoms with Crippen molar-refractivity contribution in [3.05, 3.63) is 11.3 Å². The number of carbonyl (C=O) groups excluding carboxylic acids is 1. The minimum atomic E-state index is -0.306. The van der Waals surface area contributed by atoms with Gasteiger partial charge < -0.3 is 9.64 Å². The Hall–Kier alpha value is -0.830. The van der Waals surface area contributed by atoms with Gasteiger partial charge in [-0.2, -0.15) is 0 Å². The standard InChI is InChI=1S/C13H21NO2/c1-10-4-5-11(15)13(2,3)12(10)14-6-8-16-9-7-14/h4-9H2,1-3H3. The molecule has 1 aliphatic carbocycles. The van der Waals surface area contributed by atoms with Crippen molar-refractivity contribution in [1.29, 1.82) is 0 Å². The molecular formula is C13H21NO2. The molecule has 0 aromatic rings. The molecule has 3 nitrogen and oxygen atoms in total. The van der Waals surface area contributed by atoms with Crippen molar-refractivity contribution in [3.63, 3.8) is 0 Å². The van der Waals surface area contributed by atoms with Gasteiger partial charge in [0.1, 0.15) is 5.78 Å². The Morgan fingerprint density at radius 1 is 1.19 bits per heavy atom. The van der Waals surface area contributed by atoms with Crippen LogP contribution in [0.3, 0.4) is 0 Å². The van der Waals surface area contributed by atoms with Gasteiger partial charge in [0.25, 0.3) is 0 Å². The lowest BCUT2D eigenvalue weighted by atomic mass is 9.74. The second kappa shape index (κ2) is 4.21. The number of rotatable bonds is 1. The van der Waals surface area contributed by atoms with Gasteiger partial charge in [0.2, 0.25) is 0 Å². The van der Waals surface area contributed by atoms with E-state index < -0.39 is 0 Å². The zero-order chi connectivity index (χ0) is 11.8. The second-order valence-electron chi connectivity index (χ2n) is 5.28. The normalized spacial score (nSPS) is 26.2. The first kappa shape index (κ1) is 11.6. The first-order chi connectivity index (χ1) is 7.53. The highest BCUT2D eigenvalue weighted by Gasteiger charge is 2.39. The van der Waals surface area contributed by atoms with Crippen LogP contribution in [0.2, 0.25) is 0 Å². The zero-order valence-corrected chi connectivity index (χ0v) is 10.5. The summed E-state index contributed by atoms with van der Waals surface area (Å²) in [5.41, 5.74) is 2.33. The number of carbonyl (C=O) groups is 1. The van der Waals surface area contributed by atoms with E-state index in [-0.39, 0.29) is 5.41 Å². The summed E-state index contributed by atoms with van der Waals surface area (Å²) < 4.78 is 5.37. The van der Waals surface area contributed by atoms with Crippen molar-refractivity contribution in [2.24, 2.45) is 5.41 Å². The molecule has 0 aromatic heterocycles. The number of Topliss-reactive ketones (excluding diaryl/α,β-unsaturated/α-hetero) is 1. The van der Waals surface area contributed by atoms with E-state index in [2.05, 4.69) is 25.7 Å². The molecule has 0 amide bonds. The largest absolute Gasteiger partial charge is 0.378 e. The minimum Gasteiger partial charge on any atom is -0.378 e. The zero-order valence-electron chi connectivity index (χ0n) is 10.5. The maximum absolute atomic E-state index is 12.0. The molecule has 3 heteroatoms. The van der Waals surface area contributed by atoms with Gasteiger partial charge in [0, 0.05) is 25.2 Å². The van der Waals surface area contributed by atoms with Gasteiger partial charge in [-0.3, -0.25) is 4.79 Å². The first-order valence-electron chi connectivity index (χ1n) is 6.09. The molecule has 0 atom stereocenters. The van der Waals surface area contributed by atoms with Crippen LogP contribution >= 0.6 is 0 Å². The summed E-state index contributed by atoms with van der Waals surface area (Å²) in [6, 6.07) is 0. The first-order valence-corrected chi connectivity index (χ1v) is 6.09. The van der Waals surface area contributed by atoms with Gasteiger partial charge in [-0.25, -0.2) is 0 Å². The van der Waals surface area contributed by atoms with Gasteiger partial charge >= 0.3 is 0 Å². The van der Waals surface area contributed by atoms with Gasteiger partial charge in [-0.05, 0) is 27.2 Å². The van der Waals surface area contributed by atoms with Gasteiger partial charge in [-0.1, -0.05) is 5.57 Å². The maximum atomic E-state index is 12.0. The van der Waals surface area contributed by atoms with Crippen molar-refractivity contribution in [2.45, 2.75) is 33.6 Å². The molecular weight excluding hydrogens is 202 g/mol. The van der Waals surface area contributed by atoms with Crippen LogP contribution in [0, 0.1) is 5.41 Å². The Balaban J connectivity index is 2.30. The van der Waals surface area contributed by atoms with E-state index in [0.29, 0.717) is 12.2 Å². The summed E-state index contributed by atoms with van der Waals surface area (Å²) in [6.45, 7) is 9.68. The minimum absolute atomic E-state index is 0.306. The number of allylic oxidation sites excluding steroid dienone is 2. The van der Waals surface area contributed by atoms with E-state index in [9.17, 15) is 4.79 Å². The highest BCUT2D eigenvalue weighted by atomic mass is 16.5. The third-order valence-corrected chi connectivity index (χ3v) is 3.75. The summed E-state index contributed by atoms with van der Waals surface area (Å²) in [6.07, 6.45) is 1.63. The highest BCUT2D eigenvalue weighted by Crippen LogP contribution is 2.39. The summed E-state index contributed by atoms with van der Waals surface area (Å²) in [7, 11) is 0. The molecule has 1 aliphatic heterocycles. The molecule has 1 saturated heterocycles. The number of hydrogen-bond acceptors (Lipinski definition) is 3. The molecule has 0 bridgehead atoms. The van der Waals surface area contributed by atoms with Crippen LogP contribution in [0.4, 0.5) is 0 Å². The number of ether oxygens (including phenoxy) is 1. The lowest BCUT2D eigenvalue weighted by Crippen LogP contribution is -2.45. The molecule has 0 aromatic carbocycles. The Morgan fingerprint density at radius 2 is 1.81 bits per heavy atom. The van der Waals surface area contributed by atoms with Gasteiger partial charge in [-0.15, -0.1) is 0 Å². The highest BCUT2D eigenvalue weighted by molar-refractivity contribution is 5.88. The fourth-order valence-corrected chi connectivity index (χ4v) is 2.85. The smallest absolute Gasteiger partial charge is 0.144 e. The van der Waals surface area contributed by atoms with Crippen LogP contribution in [-0.2, 0) is 9.53 Å². The van der Waals surface area contributed by atoms with E-state index in [1.54, 1.807) is 0 Å². The molecule has 0 unspecified atom stereocenters. The maximum Gasteiger partial charge on any atom is 0.144 e. The lowest BCUT2D eigenvalue weighted by molar-refractivity contribution is -0.127. The van der Waals surface area contributed by atoms with Crippen LogP contribution in [-0.4, -0.2) is 37.0 Å². The fourth-order valence-electron chi connectivity index (χ4n) is 2.85. The van der Waals surface area contributed by atoms with E-state index in [1.165, 1.54) is 11.3 Å². The number of morpholine rings is 1. The van der Waals surface area contributed by atoms with Crippen molar-refractivity contribution >= 4 is 5.78 Å². The summed E-state index contributed by atoms with van der Waals surface area (Å²) >= 11 is 0. The summed E-state index contributed by atoms with van der Waals surface area (Å²) in [5, 5.41) is 0. The Kier molecular flexibility index (Phi) is 3.06. The number of ketones is 1. The molecule has 1 heterocycles. The topological polar surface area (TPSA) is 29.5 Å². The molecule has 2 aliphatic rings. The van der Waals surface area contributed by atoms with Crippen molar-refractivity contribution < 1.29 is 9.53 Å². The average molecular weight is 223 g/mol. The van der Waals surface area contributed by atoms with Crippen LogP contribution in [0.15, 0.2) is 11.3 Å². The summed E-state index contributed by atoms with van der Waals surface area (Å²) in [5.74, 6) is 0.375. The van der Waals surface area contributed by atoms with Crippen LogP contribution in [0.5, 0.6) is 0 Å². The van der Waals surface area contributed by atoms with E-state index >= 15 is 0 Å². The SMILES string of the molecule is CC1=C(N2CCOCC2)C(C)(C)C(=O)CC1. The number of nitrogens with zero attached hydrogens (tertiary/aromatic N) is 1. The predicted octanol–water partition coefficient (Wildman–Crippen LogP) is 1.98. The lowest BCUT2D eigenvalue weighted by Gasteiger charge is -2.42. The monoisotopic (exact) mass is 223 g/mol. The number of hydrogen-bond donors (Lipinski definition) is 0. The summed E-state index contributed by atoms with van der Waals surface area (Å²) in [4.78, 5) is 14.4. The quantitative estimate of drug-likeness (QED) is 0.681. The fraction of sp³-hybridized carbons (Fsp3) is 0.769. The van der Waals surface area contributed by atoms with Crippen molar-refractivity contribution in [1.82, 2.24) is 4.90 Å². The van der Waals surface area contributed by atoms with E-state index in [4.69, 9.17) is 4.74 Å². The second-order valence-corrected chi connectivity index (χ2v) is 5.28. The molecule has 0 N–H and O–H groups in total. The van der Waals surface area contributed by atoms with Gasteiger partial charge in [0.05, 0.1) is 18.6 Å². The van der Waals surface area contributed by atoms with Crippen LogP contribution in [0.25, 0.3) is 0 Å². The van der Waals surface area contributed by atoms with Crippen molar-refractivity contribution in [2.75, 3.05) is 26.3 Å². The third-order valence-electron chi connectivity index (χ3n) is 3.75. The third kappa shape index (κ3) is 1.88. The average Bonchev–Trinajstić information content (AvgIpc) is 2.25. The van der Waals surface area contributed by atoms with E-state index in [1.807, 2.05) is 0 Å². The van der Waals surface area contributed by atoms with Crippen LogP contribution < -0.4 is 0 Å². The Morgan fingerprint density at radius 3 is 2.44 bits per heavy atom. The molecule has 0 spiro atoms. The van der Waals surface area contributed by atoms with Gasteiger partial charge in [0.15, 0.2) is 0 Å². The molecule has 0 radical (unpaired) electrons. The Bertz CT molecular complexity index is 325. The Labute approximate surface area is 97.5 Å². The molecule has 1 fully saturated rings. The van der Waals surface area contributed by atoms with Crippen LogP contribution in [0.1, 0.15) is 33.6 Å².